The lowest BCUT2D eigenvalue weighted by molar-refractivity contribution is 0.0598. The van der Waals surface area contributed by atoms with E-state index in [1.54, 1.807) is 6.07 Å². The van der Waals surface area contributed by atoms with Crippen LogP contribution in [0.5, 0.6) is 0 Å². The summed E-state index contributed by atoms with van der Waals surface area (Å²) in [5, 5.41) is 8.87. The van der Waals surface area contributed by atoms with Crippen LogP contribution in [0.1, 0.15) is 33.2 Å². The molecule has 0 atom stereocenters. The number of aromatic carboxylic acids is 1. The molecule has 1 aromatic carbocycles. The Morgan fingerprint density at radius 3 is 2.53 bits per heavy atom. The number of rotatable bonds is 3. The molecule has 4 nitrogen and oxygen atoms in total. The molecule has 15 heavy (non-hydrogen) atoms. The van der Waals surface area contributed by atoms with Crippen molar-refractivity contribution in [1.82, 2.24) is 0 Å². The number of hydrogen-bond donors (Lipinski definition) is 1. The average Bonchev–Trinajstić information content (AvgIpc) is 2.26. The van der Waals surface area contributed by atoms with Crippen LogP contribution in [0.4, 0.5) is 0 Å². The van der Waals surface area contributed by atoms with Crippen molar-refractivity contribution in [2.75, 3.05) is 7.11 Å². The van der Waals surface area contributed by atoms with Crippen LogP contribution < -0.4 is 0 Å². The predicted molar refractivity (Wildman–Crippen MR) is 54.1 cm³/mol. The van der Waals surface area contributed by atoms with E-state index in [0.29, 0.717) is 17.5 Å². The van der Waals surface area contributed by atoms with Gasteiger partial charge in [-0.25, -0.2) is 9.59 Å². The third kappa shape index (κ3) is 2.34. The lowest BCUT2D eigenvalue weighted by atomic mass is 10.0. The highest BCUT2D eigenvalue weighted by Crippen LogP contribution is 2.13. The fourth-order valence-corrected chi connectivity index (χ4v) is 1.34. The van der Waals surface area contributed by atoms with Crippen molar-refractivity contribution < 1.29 is 19.4 Å². The maximum Gasteiger partial charge on any atom is 0.337 e. The molecule has 1 aromatic rings. The highest BCUT2D eigenvalue weighted by molar-refractivity contribution is 5.93. The SMILES string of the molecule is CCc1cc(C(=O)OC)ccc1C(=O)O. The molecule has 0 heterocycles. The summed E-state index contributed by atoms with van der Waals surface area (Å²) in [7, 11) is 1.29. The van der Waals surface area contributed by atoms with Crippen LogP contribution in [0, 0.1) is 0 Å². The van der Waals surface area contributed by atoms with E-state index in [9.17, 15) is 9.59 Å². The fraction of sp³-hybridized carbons (Fsp3) is 0.273. The predicted octanol–water partition coefficient (Wildman–Crippen LogP) is 1.73. The molecule has 0 spiro atoms. The molecule has 0 saturated heterocycles. The van der Waals surface area contributed by atoms with Crippen LogP contribution in [0.2, 0.25) is 0 Å². The van der Waals surface area contributed by atoms with Crippen molar-refractivity contribution in [2.24, 2.45) is 0 Å². The number of carboxylic acids is 1. The third-order valence-electron chi connectivity index (χ3n) is 2.14. The maximum atomic E-state index is 11.2. The summed E-state index contributed by atoms with van der Waals surface area (Å²) in [6.45, 7) is 1.84. The summed E-state index contributed by atoms with van der Waals surface area (Å²) in [5.74, 6) is -1.44. The lowest BCUT2D eigenvalue weighted by Crippen LogP contribution is -2.06. The molecule has 4 heteroatoms. The van der Waals surface area contributed by atoms with E-state index in [4.69, 9.17) is 5.11 Å². The number of benzene rings is 1. The van der Waals surface area contributed by atoms with Gasteiger partial charge in [-0.1, -0.05) is 6.92 Å². The van der Waals surface area contributed by atoms with Gasteiger partial charge in [0.15, 0.2) is 0 Å². The zero-order chi connectivity index (χ0) is 11.4. The molecule has 0 bridgehead atoms. The Labute approximate surface area is 87.5 Å². The second-order valence-corrected chi connectivity index (χ2v) is 3.02. The number of aryl methyl sites for hydroxylation is 1. The molecule has 0 aliphatic carbocycles. The Morgan fingerprint density at radius 2 is 2.07 bits per heavy atom. The first-order valence-corrected chi connectivity index (χ1v) is 4.54. The van der Waals surface area contributed by atoms with Crippen LogP contribution in [0.15, 0.2) is 18.2 Å². The van der Waals surface area contributed by atoms with Crippen LogP contribution in [-0.4, -0.2) is 24.2 Å². The zero-order valence-corrected chi connectivity index (χ0v) is 8.61. The van der Waals surface area contributed by atoms with Gasteiger partial charge in [0, 0.05) is 0 Å². The quantitative estimate of drug-likeness (QED) is 0.768. The number of esters is 1. The van der Waals surface area contributed by atoms with E-state index in [0.717, 1.165) is 0 Å². The van der Waals surface area contributed by atoms with Gasteiger partial charge in [0.05, 0.1) is 18.2 Å². The number of carbonyl (C=O) groups excluding carboxylic acids is 1. The number of carbonyl (C=O) groups is 2. The minimum Gasteiger partial charge on any atom is -0.478 e. The number of carboxylic acid groups (broad SMARTS) is 1. The summed E-state index contributed by atoms with van der Waals surface area (Å²) >= 11 is 0. The molecular weight excluding hydrogens is 196 g/mol. The molecule has 0 unspecified atom stereocenters. The topological polar surface area (TPSA) is 63.6 Å². The molecule has 1 N–H and O–H groups in total. The molecule has 0 aromatic heterocycles. The van der Waals surface area contributed by atoms with Crippen molar-refractivity contribution in [3.05, 3.63) is 34.9 Å². The summed E-state index contributed by atoms with van der Waals surface area (Å²) in [6.07, 6.45) is 0.562. The summed E-state index contributed by atoms with van der Waals surface area (Å²) in [5.41, 5.74) is 1.23. The number of methoxy groups -OCH3 is 1. The Kier molecular flexibility index (Phi) is 3.44. The number of ether oxygens (including phenoxy) is 1. The van der Waals surface area contributed by atoms with E-state index < -0.39 is 11.9 Å². The van der Waals surface area contributed by atoms with E-state index in [1.165, 1.54) is 19.2 Å². The third-order valence-corrected chi connectivity index (χ3v) is 2.14. The van der Waals surface area contributed by atoms with E-state index in [-0.39, 0.29) is 5.56 Å². The van der Waals surface area contributed by atoms with Crippen LogP contribution in [0.25, 0.3) is 0 Å². The summed E-state index contributed by atoms with van der Waals surface area (Å²) < 4.78 is 4.55. The van der Waals surface area contributed by atoms with Gasteiger partial charge in [-0.05, 0) is 30.2 Å². The van der Waals surface area contributed by atoms with Crippen LogP contribution in [-0.2, 0) is 11.2 Å². The van der Waals surface area contributed by atoms with Gasteiger partial charge < -0.3 is 9.84 Å². The van der Waals surface area contributed by atoms with E-state index in [2.05, 4.69) is 4.74 Å². The van der Waals surface area contributed by atoms with Gasteiger partial charge >= 0.3 is 11.9 Å². The summed E-state index contributed by atoms with van der Waals surface area (Å²) in [6, 6.07) is 4.43. The van der Waals surface area contributed by atoms with Crippen LogP contribution >= 0.6 is 0 Å². The molecule has 0 aliphatic rings. The molecule has 1 rings (SSSR count). The lowest BCUT2D eigenvalue weighted by Gasteiger charge is -2.05. The number of hydrogen-bond acceptors (Lipinski definition) is 3. The van der Waals surface area contributed by atoms with Gasteiger partial charge in [-0.2, -0.15) is 0 Å². The average molecular weight is 208 g/mol. The monoisotopic (exact) mass is 208 g/mol. The minimum atomic E-state index is -0.983. The largest absolute Gasteiger partial charge is 0.478 e. The van der Waals surface area contributed by atoms with Gasteiger partial charge in [-0.15, -0.1) is 0 Å². The Hall–Kier alpha value is -1.84. The Balaban J connectivity index is 3.19. The first-order chi connectivity index (χ1) is 7.10. The minimum absolute atomic E-state index is 0.227. The van der Waals surface area contributed by atoms with Gasteiger partial charge in [0.1, 0.15) is 0 Å². The van der Waals surface area contributed by atoms with E-state index in [1.807, 2.05) is 6.92 Å². The standard InChI is InChI=1S/C11H12O4/c1-3-7-6-8(11(14)15-2)4-5-9(7)10(12)13/h4-6H,3H2,1-2H3,(H,12,13). The van der Waals surface area contributed by atoms with Gasteiger partial charge in [0.2, 0.25) is 0 Å². The Morgan fingerprint density at radius 1 is 1.40 bits per heavy atom. The van der Waals surface area contributed by atoms with Crippen LogP contribution in [0.3, 0.4) is 0 Å². The van der Waals surface area contributed by atoms with Crippen molar-refractivity contribution in [3.8, 4) is 0 Å². The first-order valence-electron chi connectivity index (χ1n) is 4.54. The molecule has 80 valence electrons. The second kappa shape index (κ2) is 4.59. The van der Waals surface area contributed by atoms with E-state index >= 15 is 0 Å². The second-order valence-electron chi connectivity index (χ2n) is 3.02. The first kappa shape index (κ1) is 11.2. The molecule has 0 fully saturated rings. The highest BCUT2D eigenvalue weighted by atomic mass is 16.5. The molecule has 0 saturated carbocycles. The smallest absolute Gasteiger partial charge is 0.337 e. The molecule has 0 aliphatic heterocycles. The zero-order valence-electron chi connectivity index (χ0n) is 8.61. The molecular formula is C11H12O4. The van der Waals surface area contributed by atoms with Crippen molar-refractivity contribution in [1.29, 1.82) is 0 Å². The normalized spacial score (nSPS) is 9.73. The van der Waals surface area contributed by atoms with Gasteiger partial charge in [0.25, 0.3) is 0 Å². The Bertz CT molecular complexity index is 396. The van der Waals surface area contributed by atoms with Crippen molar-refractivity contribution >= 4 is 11.9 Å². The molecule has 0 amide bonds. The summed E-state index contributed by atoms with van der Waals surface area (Å²) in [4.78, 5) is 22.0. The van der Waals surface area contributed by atoms with Crippen molar-refractivity contribution in [2.45, 2.75) is 13.3 Å². The highest BCUT2D eigenvalue weighted by Gasteiger charge is 2.12. The maximum absolute atomic E-state index is 11.2. The fourth-order valence-electron chi connectivity index (χ4n) is 1.34. The van der Waals surface area contributed by atoms with Crippen molar-refractivity contribution in [3.63, 3.8) is 0 Å². The van der Waals surface area contributed by atoms with Gasteiger partial charge in [-0.3, -0.25) is 0 Å². The molecule has 0 radical (unpaired) electrons.